The Morgan fingerprint density at radius 1 is 1.21 bits per heavy atom. The van der Waals surface area contributed by atoms with Crippen LogP contribution in [-0.4, -0.2) is 27.6 Å². The Kier molecular flexibility index (Phi) is 4.93. The van der Waals surface area contributed by atoms with E-state index in [2.05, 4.69) is 10.3 Å². The molecule has 0 atom stereocenters. The molecule has 3 rings (SSSR count). The standard InChI is InChI=1S/C18H21N3O3/c1-21-12-4-5-15(18(21)23)17(22)20-13-7-9-14(10-8-13)24-16-6-2-3-11-19-16/h2-6,11-14H,7-10H2,1H3,(H,20,22). The van der Waals surface area contributed by atoms with E-state index in [1.807, 2.05) is 18.2 Å². The van der Waals surface area contributed by atoms with Gasteiger partial charge in [-0.1, -0.05) is 6.07 Å². The van der Waals surface area contributed by atoms with E-state index in [0.29, 0.717) is 5.88 Å². The zero-order chi connectivity index (χ0) is 16.9. The van der Waals surface area contributed by atoms with Crippen molar-refractivity contribution in [3.8, 4) is 5.88 Å². The van der Waals surface area contributed by atoms with Crippen molar-refractivity contribution in [3.63, 3.8) is 0 Å². The number of aryl methyl sites for hydroxylation is 1. The number of rotatable bonds is 4. The maximum atomic E-state index is 12.3. The van der Waals surface area contributed by atoms with Crippen LogP contribution in [0, 0.1) is 0 Å². The monoisotopic (exact) mass is 327 g/mol. The van der Waals surface area contributed by atoms with Gasteiger partial charge in [0.15, 0.2) is 0 Å². The van der Waals surface area contributed by atoms with E-state index < -0.39 is 0 Å². The van der Waals surface area contributed by atoms with Crippen LogP contribution >= 0.6 is 0 Å². The second kappa shape index (κ2) is 7.29. The third-order valence-electron chi connectivity index (χ3n) is 4.30. The summed E-state index contributed by atoms with van der Waals surface area (Å²) in [6.45, 7) is 0. The highest BCUT2D eigenvalue weighted by Crippen LogP contribution is 2.22. The van der Waals surface area contributed by atoms with Crippen molar-refractivity contribution in [2.24, 2.45) is 7.05 Å². The third-order valence-corrected chi connectivity index (χ3v) is 4.30. The molecule has 0 aliphatic heterocycles. The van der Waals surface area contributed by atoms with Crippen molar-refractivity contribution in [3.05, 3.63) is 58.6 Å². The highest BCUT2D eigenvalue weighted by molar-refractivity contribution is 5.93. The Labute approximate surface area is 140 Å². The van der Waals surface area contributed by atoms with Gasteiger partial charge in [-0.3, -0.25) is 9.59 Å². The number of carbonyl (C=O) groups is 1. The molecule has 1 fully saturated rings. The first kappa shape index (κ1) is 16.2. The van der Waals surface area contributed by atoms with Gasteiger partial charge in [0, 0.05) is 31.5 Å². The average Bonchev–Trinajstić information content (AvgIpc) is 2.60. The van der Waals surface area contributed by atoms with E-state index in [4.69, 9.17) is 4.74 Å². The highest BCUT2D eigenvalue weighted by Gasteiger charge is 2.24. The molecule has 0 spiro atoms. The van der Waals surface area contributed by atoms with Gasteiger partial charge in [0.05, 0.1) is 0 Å². The summed E-state index contributed by atoms with van der Waals surface area (Å²) < 4.78 is 7.26. The number of hydrogen-bond donors (Lipinski definition) is 1. The third kappa shape index (κ3) is 3.82. The summed E-state index contributed by atoms with van der Waals surface area (Å²) in [6, 6.07) is 8.94. The van der Waals surface area contributed by atoms with Crippen LogP contribution in [0.25, 0.3) is 0 Å². The number of amides is 1. The second-order valence-corrected chi connectivity index (χ2v) is 6.07. The lowest BCUT2D eigenvalue weighted by Crippen LogP contribution is -2.41. The lowest BCUT2D eigenvalue weighted by Gasteiger charge is -2.29. The molecule has 1 N–H and O–H groups in total. The number of nitrogens with zero attached hydrogens (tertiary/aromatic N) is 2. The van der Waals surface area contributed by atoms with Crippen LogP contribution in [-0.2, 0) is 7.05 Å². The molecular formula is C18H21N3O3. The van der Waals surface area contributed by atoms with Crippen molar-refractivity contribution in [1.29, 1.82) is 0 Å². The van der Waals surface area contributed by atoms with E-state index in [-0.39, 0.29) is 29.2 Å². The molecule has 2 aromatic heterocycles. The molecule has 0 bridgehead atoms. The molecule has 1 amide bonds. The Hall–Kier alpha value is -2.63. The van der Waals surface area contributed by atoms with Crippen LogP contribution in [0.4, 0.5) is 0 Å². The van der Waals surface area contributed by atoms with Gasteiger partial charge in [0.25, 0.3) is 11.5 Å². The van der Waals surface area contributed by atoms with Gasteiger partial charge < -0.3 is 14.6 Å². The number of nitrogens with one attached hydrogen (secondary N) is 1. The first-order valence-corrected chi connectivity index (χ1v) is 8.17. The molecule has 0 aromatic carbocycles. The lowest BCUT2D eigenvalue weighted by atomic mass is 9.92. The summed E-state index contributed by atoms with van der Waals surface area (Å²) in [5.74, 6) is 0.336. The van der Waals surface area contributed by atoms with E-state index in [0.717, 1.165) is 25.7 Å². The predicted molar refractivity (Wildman–Crippen MR) is 90.1 cm³/mol. The van der Waals surface area contributed by atoms with Crippen molar-refractivity contribution in [1.82, 2.24) is 14.9 Å². The highest BCUT2D eigenvalue weighted by atomic mass is 16.5. The number of aromatic nitrogens is 2. The molecule has 6 heteroatoms. The fourth-order valence-electron chi connectivity index (χ4n) is 2.95. The molecule has 1 aliphatic carbocycles. The fraction of sp³-hybridized carbons (Fsp3) is 0.389. The van der Waals surface area contributed by atoms with Gasteiger partial charge >= 0.3 is 0 Å². The van der Waals surface area contributed by atoms with Gasteiger partial charge in [-0.25, -0.2) is 4.98 Å². The Balaban J connectivity index is 1.53. The second-order valence-electron chi connectivity index (χ2n) is 6.07. The fourth-order valence-corrected chi connectivity index (χ4v) is 2.95. The van der Waals surface area contributed by atoms with Crippen molar-refractivity contribution in [2.45, 2.75) is 37.8 Å². The normalized spacial score (nSPS) is 20.4. The molecule has 24 heavy (non-hydrogen) atoms. The summed E-state index contributed by atoms with van der Waals surface area (Å²) in [6.07, 6.45) is 6.84. The van der Waals surface area contributed by atoms with Crippen molar-refractivity contribution >= 4 is 5.91 Å². The SMILES string of the molecule is Cn1cccc(C(=O)NC2CCC(Oc3ccccn3)CC2)c1=O. The van der Waals surface area contributed by atoms with Gasteiger partial charge in [0.1, 0.15) is 11.7 Å². The van der Waals surface area contributed by atoms with Gasteiger partial charge in [-0.2, -0.15) is 0 Å². The van der Waals surface area contributed by atoms with Gasteiger partial charge in [-0.15, -0.1) is 0 Å². The van der Waals surface area contributed by atoms with Crippen LogP contribution in [0.15, 0.2) is 47.5 Å². The molecule has 2 aromatic rings. The molecule has 126 valence electrons. The molecule has 0 unspecified atom stereocenters. The van der Waals surface area contributed by atoms with Crippen LogP contribution < -0.4 is 15.6 Å². The van der Waals surface area contributed by atoms with Crippen LogP contribution in [0.1, 0.15) is 36.0 Å². The predicted octanol–water partition coefficient (Wildman–Crippen LogP) is 1.90. The largest absolute Gasteiger partial charge is 0.474 e. The van der Waals surface area contributed by atoms with E-state index in [1.165, 1.54) is 4.57 Å². The number of hydrogen-bond acceptors (Lipinski definition) is 4. The van der Waals surface area contributed by atoms with Crippen LogP contribution in [0.3, 0.4) is 0 Å². The Morgan fingerprint density at radius 2 is 2.00 bits per heavy atom. The maximum absolute atomic E-state index is 12.3. The quantitative estimate of drug-likeness (QED) is 0.931. The van der Waals surface area contributed by atoms with E-state index >= 15 is 0 Å². The topological polar surface area (TPSA) is 73.2 Å². The summed E-state index contributed by atoms with van der Waals surface area (Å²) >= 11 is 0. The zero-order valence-electron chi connectivity index (χ0n) is 13.6. The smallest absolute Gasteiger partial charge is 0.263 e. The van der Waals surface area contributed by atoms with Crippen LogP contribution in [0.2, 0.25) is 0 Å². The summed E-state index contributed by atoms with van der Waals surface area (Å²) in [7, 11) is 1.64. The van der Waals surface area contributed by atoms with Crippen molar-refractivity contribution < 1.29 is 9.53 Å². The minimum atomic E-state index is -0.301. The zero-order valence-corrected chi connectivity index (χ0v) is 13.6. The molecule has 1 aliphatic rings. The number of pyridine rings is 2. The minimum absolute atomic E-state index is 0.0750. The first-order chi connectivity index (χ1) is 11.6. The summed E-state index contributed by atoms with van der Waals surface area (Å²) in [5.41, 5.74) is -0.0889. The molecular weight excluding hydrogens is 306 g/mol. The Bertz CT molecular complexity index is 750. The van der Waals surface area contributed by atoms with E-state index in [9.17, 15) is 9.59 Å². The summed E-state index contributed by atoms with van der Waals surface area (Å²) in [4.78, 5) is 28.4. The molecule has 6 nitrogen and oxygen atoms in total. The molecule has 0 radical (unpaired) electrons. The Morgan fingerprint density at radius 3 is 2.71 bits per heavy atom. The van der Waals surface area contributed by atoms with Crippen molar-refractivity contribution in [2.75, 3.05) is 0 Å². The van der Waals surface area contributed by atoms with Gasteiger partial charge in [0.2, 0.25) is 5.88 Å². The maximum Gasteiger partial charge on any atom is 0.263 e. The van der Waals surface area contributed by atoms with Crippen LogP contribution in [0.5, 0.6) is 5.88 Å². The van der Waals surface area contributed by atoms with E-state index in [1.54, 1.807) is 31.6 Å². The summed E-state index contributed by atoms with van der Waals surface area (Å²) in [5, 5.41) is 2.96. The number of ether oxygens (including phenoxy) is 1. The molecule has 1 saturated carbocycles. The lowest BCUT2D eigenvalue weighted by molar-refractivity contribution is 0.0888. The molecule has 2 heterocycles. The average molecular weight is 327 g/mol. The minimum Gasteiger partial charge on any atom is -0.474 e. The molecule has 0 saturated heterocycles. The number of carbonyl (C=O) groups excluding carboxylic acids is 1. The van der Waals surface area contributed by atoms with Gasteiger partial charge in [-0.05, 0) is 43.9 Å². The first-order valence-electron chi connectivity index (χ1n) is 8.17.